The lowest BCUT2D eigenvalue weighted by atomic mass is 9.99. The minimum absolute atomic E-state index is 0.0776. The summed E-state index contributed by atoms with van der Waals surface area (Å²) in [5.74, 6) is -0.764. The third-order valence-corrected chi connectivity index (χ3v) is 6.93. The Balaban J connectivity index is 1.27. The molecule has 0 spiro atoms. The summed E-state index contributed by atoms with van der Waals surface area (Å²) >= 11 is 0. The van der Waals surface area contributed by atoms with E-state index in [-0.39, 0.29) is 12.3 Å². The largest absolute Gasteiger partial charge is 0.367 e. The molecule has 2 aliphatic rings. The van der Waals surface area contributed by atoms with E-state index >= 15 is 4.39 Å². The van der Waals surface area contributed by atoms with E-state index in [2.05, 4.69) is 32.9 Å². The average Bonchev–Trinajstić information content (AvgIpc) is 3.14. The van der Waals surface area contributed by atoms with E-state index in [1.54, 1.807) is 6.07 Å². The second-order valence-corrected chi connectivity index (χ2v) is 9.48. The number of carbonyl (C=O) groups excluding carboxylic acids is 1. The summed E-state index contributed by atoms with van der Waals surface area (Å²) in [6.45, 7) is 3.67. The van der Waals surface area contributed by atoms with Crippen LogP contribution < -0.4 is 16.0 Å². The molecule has 2 aliphatic heterocycles. The summed E-state index contributed by atoms with van der Waals surface area (Å²) in [5.41, 5.74) is 2.89. The second-order valence-electron chi connectivity index (χ2n) is 9.48. The molecule has 2 atom stereocenters. The zero-order valence-electron chi connectivity index (χ0n) is 20.2. The first-order valence-corrected chi connectivity index (χ1v) is 12.6. The number of piperidine rings is 1. The molecular formula is C27H31FN6O2. The Morgan fingerprint density at radius 2 is 2.00 bits per heavy atom. The summed E-state index contributed by atoms with van der Waals surface area (Å²) < 4.78 is 22.7. The lowest BCUT2D eigenvalue weighted by Gasteiger charge is -2.22. The number of aromatic nitrogens is 2. The van der Waals surface area contributed by atoms with Gasteiger partial charge in [-0.15, -0.1) is 0 Å². The standard InChI is InChI=1S/C27H31FN6O2/c28-24-13-18(19-3-5-21-17-34(33-25(21)14-19)23-6-9-30-10-7-23)2-4-20(24)12-22(15-29)32-27(35)26-16-31-8-1-11-36-26/h2-5,13-14,17,22-23,26,30-31H,1,6-12,16H2,(H,32,35)/t22-,26-/m0/s1. The van der Waals surface area contributed by atoms with Crippen molar-refractivity contribution in [2.45, 2.75) is 43.9 Å². The summed E-state index contributed by atoms with van der Waals surface area (Å²) in [6, 6.07) is 12.6. The smallest absolute Gasteiger partial charge is 0.251 e. The molecule has 188 valence electrons. The zero-order chi connectivity index (χ0) is 24.9. The molecular weight excluding hydrogens is 459 g/mol. The third kappa shape index (κ3) is 5.57. The number of hydrogen-bond acceptors (Lipinski definition) is 6. The van der Waals surface area contributed by atoms with Crippen molar-refractivity contribution in [3.05, 3.63) is 54.0 Å². The molecule has 2 aromatic carbocycles. The Morgan fingerprint density at radius 1 is 1.19 bits per heavy atom. The molecule has 0 aliphatic carbocycles. The quantitative estimate of drug-likeness (QED) is 0.491. The van der Waals surface area contributed by atoms with Gasteiger partial charge in [-0.25, -0.2) is 4.39 Å². The van der Waals surface area contributed by atoms with Gasteiger partial charge >= 0.3 is 0 Å². The Morgan fingerprint density at radius 3 is 2.81 bits per heavy atom. The van der Waals surface area contributed by atoms with Gasteiger partial charge in [0.05, 0.1) is 17.6 Å². The number of nitrogens with zero attached hydrogens (tertiary/aromatic N) is 3. The number of ether oxygens (including phenoxy) is 1. The number of halogens is 1. The summed E-state index contributed by atoms with van der Waals surface area (Å²) in [7, 11) is 0. The molecule has 5 rings (SSSR count). The highest BCUT2D eigenvalue weighted by Gasteiger charge is 2.24. The fourth-order valence-corrected chi connectivity index (χ4v) is 4.86. The van der Waals surface area contributed by atoms with Crippen molar-refractivity contribution in [1.29, 1.82) is 5.26 Å². The van der Waals surface area contributed by atoms with Crippen LogP contribution in [0, 0.1) is 17.1 Å². The molecule has 9 heteroatoms. The maximum atomic E-state index is 15.1. The average molecular weight is 491 g/mol. The van der Waals surface area contributed by atoms with Crippen molar-refractivity contribution in [2.24, 2.45) is 0 Å². The van der Waals surface area contributed by atoms with Crippen LogP contribution in [0.1, 0.15) is 30.9 Å². The fraction of sp³-hybridized carbons (Fsp3) is 0.444. The molecule has 0 bridgehead atoms. The van der Waals surface area contributed by atoms with Crippen LogP contribution in [0.4, 0.5) is 4.39 Å². The van der Waals surface area contributed by atoms with Crippen molar-refractivity contribution >= 4 is 16.8 Å². The number of hydrogen-bond donors (Lipinski definition) is 3. The van der Waals surface area contributed by atoms with Crippen molar-refractivity contribution < 1.29 is 13.9 Å². The van der Waals surface area contributed by atoms with Crippen LogP contribution >= 0.6 is 0 Å². The van der Waals surface area contributed by atoms with Gasteiger partial charge in [0.2, 0.25) is 0 Å². The molecule has 3 aromatic rings. The van der Waals surface area contributed by atoms with Crippen molar-refractivity contribution in [3.63, 3.8) is 0 Å². The van der Waals surface area contributed by atoms with Crippen LogP contribution in [0.25, 0.3) is 22.0 Å². The number of nitriles is 1. The monoisotopic (exact) mass is 490 g/mol. The van der Waals surface area contributed by atoms with Gasteiger partial charge in [-0.05, 0) is 67.7 Å². The van der Waals surface area contributed by atoms with Gasteiger partial charge in [-0.1, -0.05) is 24.3 Å². The number of fused-ring (bicyclic) bond motifs is 1. The summed E-state index contributed by atoms with van der Waals surface area (Å²) in [6.07, 6.45) is 4.46. The van der Waals surface area contributed by atoms with Crippen LogP contribution in [-0.4, -0.2) is 60.6 Å². The van der Waals surface area contributed by atoms with Gasteiger partial charge in [-0.2, -0.15) is 10.4 Å². The SMILES string of the molecule is N#C[C@H](Cc1ccc(-c2ccc3cn(C4CCNCC4)nc3c2)cc1F)NC(=O)[C@@H]1CNCCCO1. The topological polar surface area (TPSA) is 104 Å². The predicted octanol–water partition coefficient (Wildman–Crippen LogP) is 2.70. The Hall–Kier alpha value is -3.32. The molecule has 0 saturated carbocycles. The lowest BCUT2D eigenvalue weighted by molar-refractivity contribution is -0.132. The molecule has 36 heavy (non-hydrogen) atoms. The summed E-state index contributed by atoms with van der Waals surface area (Å²) in [5, 5.41) is 24.6. The fourth-order valence-electron chi connectivity index (χ4n) is 4.86. The molecule has 0 radical (unpaired) electrons. The maximum absolute atomic E-state index is 15.1. The van der Waals surface area contributed by atoms with E-state index in [9.17, 15) is 10.1 Å². The minimum atomic E-state index is -0.847. The highest BCUT2D eigenvalue weighted by Crippen LogP contribution is 2.28. The Kier molecular flexibility index (Phi) is 7.56. The van der Waals surface area contributed by atoms with Gasteiger partial charge in [0.15, 0.2) is 0 Å². The van der Waals surface area contributed by atoms with Crippen LogP contribution in [0.3, 0.4) is 0 Å². The van der Waals surface area contributed by atoms with E-state index in [1.807, 2.05) is 24.3 Å². The molecule has 3 heterocycles. The number of amides is 1. The van der Waals surface area contributed by atoms with E-state index in [1.165, 1.54) is 6.07 Å². The molecule has 8 nitrogen and oxygen atoms in total. The molecule has 3 N–H and O–H groups in total. The first kappa shape index (κ1) is 24.4. The van der Waals surface area contributed by atoms with Gasteiger partial charge in [0.25, 0.3) is 5.91 Å². The normalized spacial score (nSPS) is 19.9. The Labute approximate surface area is 209 Å². The van der Waals surface area contributed by atoms with Crippen molar-refractivity contribution in [2.75, 3.05) is 32.8 Å². The van der Waals surface area contributed by atoms with E-state index in [0.29, 0.717) is 24.8 Å². The van der Waals surface area contributed by atoms with E-state index in [0.717, 1.165) is 60.9 Å². The number of benzene rings is 2. The molecule has 1 aromatic heterocycles. The maximum Gasteiger partial charge on any atom is 0.251 e. The van der Waals surface area contributed by atoms with Crippen LogP contribution in [0.5, 0.6) is 0 Å². The molecule has 2 fully saturated rings. The first-order chi connectivity index (χ1) is 17.6. The summed E-state index contributed by atoms with van der Waals surface area (Å²) in [4.78, 5) is 12.5. The van der Waals surface area contributed by atoms with Crippen LogP contribution in [0.2, 0.25) is 0 Å². The minimum Gasteiger partial charge on any atom is -0.367 e. The predicted molar refractivity (Wildman–Crippen MR) is 135 cm³/mol. The van der Waals surface area contributed by atoms with Crippen LogP contribution in [0.15, 0.2) is 42.6 Å². The zero-order valence-corrected chi connectivity index (χ0v) is 20.2. The number of rotatable bonds is 6. The van der Waals surface area contributed by atoms with Crippen LogP contribution in [-0.2, 0) is 16.0 Å². The molecule has 1 amide bonds. The van der Waals surface area contributed by atoms with Crippen molar-refractivity contribution in [3.8, 4) is 17.2 Å². The third-order valence-electron chi connectivity index (χ3n) is 6.93. The number of carbonyl (C=O) groups is 1. The second kappa shape index (κ2) is 11.2. The lowest BCUT2D eigenvalue weighted by Crippen LogP contribution is -2.46. The van der Waals surface area contributed by atoms with E-state index < -0.39 is 18.0 Å². The van der Waals surface area contributed by atoms with Gasteiger partial charge in [-0.3, -0.25) is 9.48 Å². The van der Waals surface area contributed by atoms with Gasteiger partial charge in [0, 0.05) is 31.2 Å². The number of nitrogens with one attached hydrogen (secondary N) is 3. The highest BCUT2D eigenvalue weighted by molar-refractivity contribution is 5.84. The van der Waals surface area contributed by atoms with Crippen molar-refractivity contribution in [1.82, 2.24) is 25.7 Å². The van der Waals surface area contributed by atoms with Gasteiger partial charge < -0.3 is 20.7 Å². The highest BCUT2D eigenvalue weighted by atomic mass is 19.1. The van der Waals surface area contributed by atoms with Gasteiger partial charge in [0.1, 0.15) is 18.0 Å². The molecule has 0 unspecified atom stereocenters. The Bertz CT molecular complexity index is 1250. The van der Waals surface area contributed by atoms with E-state index in [4.69, 9.17) is 9.84 Å². The molecule has 2 saturated heterocycles. The first-order valence-electron chi connectivity index (χ1n) is 12.6.